The number of anilines is 1. The molecule has 25 heavy (non-hydrogen) atoms. The Balaban J connectivity index is 1.92. The van der Waals surface area contributed by atoms with Crippen LogP contribution >= 0.6 is 0 Å². The van der Waals surface area contributed by atoms with Gasteiger partial charge in [0.25, 0.3) is 5.91 Å². The van der Waals surface area contributed by atoms with Gasteiger partial charge in [-0.05, 0) is 71.2 Å². The number of ether oxygens (including phenoxy) is 1. The molecule has 2 unspecified atom stereocenters. The molecule has 2 atom stereocenters. The number of rotatable bonds is 6. The van der Waals surface area contributed by atoms with Crippen LogP contribution in [0.4, 0.5) is 5.69 Å². The maximum atomic E-state index is 12.4. The number of amides is 1. The summed E-state index contributed by atoms with van der Waals surface area (Å²) in [5.74, 6) is -0.551. The van der Waals surface area contributed by atoms with Crippen molar-refractivity contribution in [1.82, 2.24) is 4.90 Å². The molecule has 5 nitrogen and oxygen atoms in total. The zero-order valence-electron chi connectivity index (χ0n) is 15.8. The maximum Gasteiger partial charge on any atom is 0.338 e. The molecule has 1 saturated heterocycles. The Bertz CT molecular complexity index is 571. The van der Waals surface area contributed by atoms with Crippen molar-refractivity contribution in [1.29, 1.82) is 0 Å². The molecule has 0 spiro atoms. The summed E-state index contributed by atoms with van der Waals surface area (Å²) in [5.41, 5.74) is 1.55. The summed E-state index contributed by atoms with van der Waals surface area (Å²) < 4.78 is 5.25. The minimum Gasteiger partial charge on any atom is -0.452 e. The molecule has 138 valence electrons. The lowest BCUT2D eigenvalue weighted by Gasteiger charge is -2.38. The van der Waals surface area contributed by atoms with E-state index in [1.807, 2.05) is 17.0 Å². The van der Waals surface area contributed by atoms with Crippen LogP contribution in [0.25, 0.3) is 0 Å². The highest BCUT2D eigenvalue weighted by Crippen LogP contribution is 2.22. The summed E-state index contributed by atoms with van der Waals surface area (Å²) in [7, 11) is 0. The first-order chi connectivity index (χ1) is 12.0. The van der Waals surface area contributed by atoms with Gasteiger partial charge in [0.2, 0.25) is 0 Å². The number of piperidine rings is 1. The molecule has 0 N–H and O–H groups in total. The quantitative estimate of drug-likeness (QED) is 0.740. The molecular weight excluding hydrogens is 316 g/mol. The number of carbonyl (C=O) groups excluding carboxylic acids is 2. The largest absolute Gasteiger partial charge is 0.452 e. The van der Waals surface area contributed by atoms with Crippen molar-refractivity contribution in [3.8, 4) is 0 Å². The van der Waals surface area contributed by atoms with Gasteiger partial charge >= 0.3 is 5.97 Å². The summed E-state index contributed by atoms with van der Waals surface area (Å²) in [6.07, 6.45) is 3.17. The van der Waals surface area contributed by atoms with Gasteiger partial charge in [-0.3, -0.25) is 4.79 Å². The van der Waals surface area contributed by atoms with E-state index in [0.717, 1.165) is 38.0 Å². The molecule has 0 aromatic heterocycles. The first kappa shape index (κ1) is 19.3. The molecule has 1 aromatic carbocycles. The second-order valence-corrected chi connectivity index (χ2v) is 6.73. The Morgan fingerprint density at radius 2 is 1.64 bits per heavy atom. The number of nitrogens with zero attached hydrogens (tertiary/aromatic N) is 2. The molecule has 1 heterocycles. The summed E-state index contributed by atoms with van der Waals surface area (Å²) in [6.45, 7) is 9.95. The number of esters is 1. The molecule has 1 aromatic rings. The second kappa shape index (κ2) is 8.88. The van der Waals surface area contributed by atoms with Crippen molar-refractivity contribution in [3.05, 3.63) is 29.8 Å². The van der Waals surface area contributed by atoms with E-state index in [9.17, 15) is 9.59 Å². The SMILES string of the molecule is CCN(CC)c1ccc(C(=O)OCC(=O)N2C(C)CCCC2C)cc1. The lowest BCUT2D eigenvalue weighted by atomic mass is 9.97. The predicted octanol–water partition coefficient (Wildman–Crippen LogP) is 3.48. The minimum absolute atomic E-state index is 0.104. The predicted molar refractivity (Wildman–Crippen MR) is 99.9 cm³/mol. The summed E-state index contributed by atoms with van der Waals surface area (Å²) in [4.78, 5) is 28.7. The highest BCUT2D eigenvalue weighted by Gasteiger charge is 2.29. The molecule has 2 rings (SSSR count). The maximum absolute atomic E-state index is 12.4. The summed E-state index contributed by atoms with van der Waals surface area (Å²) in [6, 6.07) is 7.77. The van der Waals surface area contributed by atoms with Gasteiger partial charge in [0.1, 0.15) is 0 Å². The number of carbonyl (C=O) groups is 2. The van der Waals surface area contributed by atoms with E-state index < -0.39 is 5.97 Å². The summed E-state index contributed by atoms with van der Waals surface area (Å²) >= 11 is 0. The normalized spacial score (nSPS) is 20.2. The highest BCUT2D eigenvalue weighted by molar-refractivity contribution is 5.91. The Hall–Kier alpha value is -2.04. The van der Waals surface area contributed by atoms with Crippen molar-refractivity contribution in [2.75, 3.05) is 24.6 Å². The van der Waals surface area contributed by atoms with Crippen LogP contribution in [0.15, 0.2) is 24.3 Å². The van der Waals surface area contributed by atoms with Crippen molar-refractivity contribution < 1.29 is 14.3 Å². The van der Waals surface area contributed by atoms with Gasteiger partial charge in [-0.1, -0.05) is 0 Å². The van der Waals surface area contributed by atoms with Crippen LogP contribution < -0.4 is 4.90 Å². The van der Waals surface area contributed by atoms with Crippen LogP contribution in [0.1, 0.15) is 57.3 Å². The third-order valence-corrected chi connectivity index (χ3v) is 5.04. The van der Waals surface area contributed by atoms with Gasteiger partial charge < -0.3 is 14.5 Å². The second-order valence-electron chi connectivity index (χ2n) is 6.73. The molecule has 5 heteroatoms. The monoisotopic (exact) mass is 346 g/mol. The molecule has 0 saturated carbocycles. The van der Waals surface area contributed by atoms with E-state index >= 15 is 0 Å². The molecule has 1 aliphatic rings. The average Bonchev–Trinajstić information content (AvgIpc) is 2.61. The fourth-order valence-electron chi connectivity index (χ4n) is 3.60. The molecule has 1 aliphatic heterocycles. The average molecular weight is 346 g/mol. The molecule has 1 fully saturated rings. The van der Waals surface area contributed by atoms with Crippen LogP contribution in [0.2, 0.25) is 0 Å². The van der Waals surface area contributed by atoms with Crippen molar-refractivity contribution in [2.24, 2.45) is 0 Å². The van der Waals surface area contributed by atoms with Gasteiger partial charge in [-0.25, -0.2) is 4.79 Å². The third-order valence-electron chi connectivity index (χ3n) is 5.04. The Morgan fingerprint density at radius 1 is 1.08 bits per heavy atom. The zero-order chi connectivity index (χ0) is 18.4. The Kier molecular flexibility index (Phi) is 6.85. The van der Waals surface area contributed by atoms with E-state index in [2.05, 4.69) is 32.6 Å². The Labute approximate surface area is 150 Å². The minimum atomic E-state index is -0.447. The van der Waals surface area contributed by atoms with E-state index in [0.29, 0.717) is 5.56 Å². The first-order valence-electron chi connectivity index (χ1n) is 9.31. The van der Waals surface area contributed by atoms with E-state index in [1.54, 1.807) is 12.1 Å². The lowest BCUT2D eigenvalue weighted by Crippen LogP contribution is -2.49. The number of hydrogen-bond donors (Lipinski definition) is 0. The van der Waals surface area contributed by atoms with E-state index in [4.69, 9.17) is 4.74 Å². The highest BCUT2D eigenvalue weighted by atomic mass is 16.5. The van der Waals surface area contributed by atoms with Crippen LogP contribution in [0.5, 0.6) is 0 Å². The third kappa shape index (κ3) is 4.74. The van der Waals surface area contributed by atoms with Crippen LogP contribution in [0, 0.1) is 0 Å². The first-order valence-corrected chi connectivity index (χ1v) is 9.31. The standard InChI is InChI=1S/C20H30N2O3/c1-5-21(6-2)18-12-10-17(11-13-18)20(24)25-14-19(23)22-15(3)8-7-9-16(22)4/h10-13,15-16H,5-9,14H2,1-4H3. The smallest absolute Gasteiger partial charge is 0.338 e. The van der Waals surface area contributed by atoms with E-state index in [1.165, 1.54) is 0 Å². The molecule has 0 aliphatic carbocycles. The number of hydrogen-bond acceptors (Lipinski definition) is 4. The van der Waals surface area contributed by atoms with Crippen molar-refractivity contribution in [3.63, 3.8) is 0 Å². The number of likely N-dealkylation sites (tertiary alicyclic amines) is 1. The summed E-state index contributed by atoms with van der Waals surface area (Å²) in [5, 5.41) is 0. The van der Waals surface area contributed by atoms with Crippen molar-refractivity contribution in [2.45, 2.75) is 59.0 Å². The van der Waals surface area contributed by atoms with Crippen molar-refractivity contribution >= 4 is 17.6 Å². The molecule has 0 radical (unpaired) electrons. The molecular formula is C20H30N2O3. The van der Waals surface area contributed by atoms with Crippen LogP contribution in [-0.2, 0) is 9.53 Å². The fourth-order valence-corrected chi connectivity index (χ4v) is 3.60. The van der Waals surface area contributed by atoms with Gasteiger partial charge in [0.05, 0.1) is 5.56 Å². The Morgan fingerprint density at radius 3 is 2.16 bits per heavy atom. The lowest BCUT2D eigenvalue weighted by molar-refractivity contribution is -0.140. The van der Waals surface area contributed by atoms with Crippen LogP contribution in [-0.4, -0.2) is 48.6 Å². The fraction of sp³-hybridized carbons (Fsp3) is 0.600. The van der Waals surface area contributed by atoms with Gasteiger partial charge in [-0.15, -0.1) is 0 Å². The van der Waals surface area contributed by atoms with E-state index in [-0.39, 0.29) is 24.6 Å². The molecule has 0 bridgehead atoms. The topological polar surface area (TPSA) is 49.9 Å². The van der Waals surface area contributed by atoms with Gasteiger partial charge in [0.15, 0.2) is 6.61 Å². The number of benzene rings is 1. The molecule has 1 amide bonds. The van der Waals surface area contributed by atoms with Gasteiger partial charge in [0, 0.05) is 30.9 Å². The van der Waals surface area contributed by atoms with Gasteiger partial charge in [-0.2, -0.15) is 0 Å². The zero-order valence-corrected chi connectivity index (χ0v) is 15.8. The van der Waals surface area contributed by atoms with Crippen LogP contribution in [0.3, 0.4) is 0 Å².